The van der Waals surface area contributed by atoms with E-state index < -0.39 is 0 Å². The molecule has 0 spiro atoms. The summed E-state index contributed by atoms with van der Waals surface area (Å²) in [6.07, 6.45) is 7.02. The van der Waals surface area contributed by atoms with Gasteiger partial charge in [0.25, 0.3) is 5.56 Å². The van der Waals surface area contributed by atoms with Crippen molar-refractivity contribution in [3.05, 3.63) is 40.9 Å². The lowest BCUT2D eigenvalue weighted by atomic mass is 10.1. The van der Waals surface area contributed by atoms with Gasteiger partial charge in [-0.3, -0.25) is 14.3 Å². The Morgan fingerprint density at radius 1 is 1.10 bits per heavy atom. The molecule has 0 bridgehead atoms. The number of anilines is 1. The molecule has 1 saturated heterocycles. The number of piperidine rings is 1. The summed E-state index contributed by atoms with van der Waals surface area (Å²) in [6, 6.07) is 5.34. The summed E-state index contributed by atoms with van der Waals surface area (Å²) in [5.74, 6) is 0.768. The Balaban J connectivity index is 2.06. The lowest BCUT2D eigenvalue weighted by Crippen LogP contribution is -2.35. The van der Waals surface area contributed by atoms with Crippen molar-refractivity contribution in [3.63, 3.8) is 0 Å². The summed E-state index contributed by atoms with van der Waals surface area (Å²) in [5, 5.41) is 0. The van der Waals surface area contributed by atoms with Gasteiger partial charge in [0, 0.05) is 44.2 Å². The second kappa shape index (κ2) is 5.45. The highest BCUT2D eigenvalue weighted by atomic mass is 16.1. The van der Waals surface area contributed by atoms with Crippen molar-refractivity contribution in [2.24, 2.45) is 7.05 Å². The van der Waals surface area contributed by atoms with Crippen molar-refractivity contribution in [3.8, 4) is 11.3 Å². The molecule has 0 radical (unpaired) electrons. The average molecular weight is 270 g/mol. The first-order valence-electron chi connectivity index (χ1n) is 6.99. The first-order chi connectivity index (χ1) is 9.75. The van der Waals surface area contributed by atoms with Crippen LogP contribution >= 0.6 is 0 Å². The van der Waals surface area contributed by atoms with Crippen molar-refractivity contribution in [1.82, 2.24) is 14.5 Å². The summed E-state index contributed by atoms with van der Waals surface area (Å²) < 4.78 is 1.63. The fourth-order valence-corrected chi connectivity index (χ4v) is 2.57. The number of aromatic nitrogens is 3. The molecule has 0 unspecified atom stereocenters. The summed E-state index contributed by atoms with van der Waals surface area (Å²) in [6.45, 7) is 1.94. The third-order valence-corrected chi connectivity index (χ3v) is 3.73. The van der Waals surface area contributed by atoms with Crippen LogP contribution in [0.4, 0.5) is 5.95 Å². The van der Waals surface area contributed by atoms with E-state index in [1.165, 1.54) is 6.42 Å². The second-order valence-corrected chi connectivity index (χ2v) is 5.12. The van der Waals surface area contributed by atoms with E-state index in [2.05, 4.69) is 14.9 Å². The molecule has 5 heteroatoms. The highest BCUT2D eigenvalue weighted by Gasteiger charge is 2.16. The van der Waals surface area contributed by atoms with Gasteiger partial charge >= 0.3 is 0 Å². The molecule has 0 aliphatic carbocycles. The highest BCUT2D eigenvalue weighted by Crippen LogP contribution is 2.20. The summed E-state index contributed by atoms with van der Waals surface area (Å²) >= 11 is 0. The van der Waals surface area contributed by atoms with E-state index in [1.807, 2.05) is 12.1 Å². The molecule has 0 saturated carbocycles. The molecule has 0 aromatic carbocycles. The Labute approximate surface area is 117 Å². The van der Waals surface area contributed by atoms with Crippen LogP contribution in [-0.2, 0) is 7.05 Å². The normalized spacial score (nSPS) is 15.3. The minimum Gasteiger partial charge on any atom is -0.342 e. The van der Waals surface area contributed by atoms with Crippen LogP contribution in [0, 0.1) is 0 Å². The van der Waals surface area contributed by atoms with Crippen molar-refractivity contribution in [2.75, 3.05) is 18.0 Å². The van der Waals surface area contributed by atoms with Crippen LogP contribution in [0.2, 0.25) is 0 Å². The molecule has 1 aliphatic heterocycles. The summed E-state index contributed by atoms with van der Waals surface area (Å²) in [4.78, 5) is 23.1. The van der Waals surface area contributed by atoms with Crippen LogP contribution in [0.5, 0.6) is 0 Å². The SMILES string of the molecule is Cn1c(N2CCCCC2)nc(-c2ccncc2)cc1=O. The van der Waals surface area contributed by atoms with Crippen molar-refractivity contribution in [2.45, 2.75) is 19.3 Å². The molecule has 2 aromatic rings. The topological polar surface area (TPSA) is 51.0 Å². The maximum absolute atomic E-state index is 12.2. The molecule has 3 heterocycles. The fraction of sp³-hybridized carbons (Fsp3) is 0.400. The maximum atomic E-state index is 12.2. The molecule has 20 heavy (non-hydrogen) atoms. The van der Waals surface area contributed by atoms with Gasteiger partial charge in [-0.1, -0.05) is 0 Å². The molecule has 2 aromatic heterocycles. The second-order valence-electron chi connectivity index (χ2n) is 5.12. The van der Waals surface area contributed by atoms with E-state index in [0.717, 1.165) is 43.1 Å². The third-order valence-electron chi connectivity index (χ3n) is 3.73. The van der Waals surface area contributed by atoms with E-state index in [4.69, 9.17) is 0 Å². The zero-order valence-corrected chi connectivity index (χ0v) is 11.6. The third kappa shape index (κ3) is 2.43. The van der Waals surface area contributed by atoms with Gasteiger partial charge in [0.05, 0.1) is 5.69 Å². The van der Waals surface area contributed by atoms with Crippen LogP contribution in [-0.4, -0.2) is 27.6 Å². The molecule has 0 amide bonds. The van der Waals surface area contributed by atoms with E-state index >= 15 is 0 Å². The molecule has 5 nitrogen and oxygen atoms in total. The van der Waals surface area contributed by atoms with E-state index in [9.17, 15) is 4.79 Å². The predicted molar refractivity (Wildman–Crippen MR) is 78.8 cm³/mol. The van der Waals surface area contributed by atoms with Gasteiger partial charge in [-0.15, -0.1) is 0 Å². The van der Waals surface area contributed by atoms with Gasteiger partial charge in [0.1, 0.15) is 0 Å². The van der Waals surface area contributed by atoms with Crippen LogP contribution in [0.3, 0.4) is 0 Å². The Kier molecular flexibility index (Phi) is 3.50. The molecular formula is C15H18N4O. The fourth-order valence-electron chi connectivity index (χ4n) is 2.57. The molecule has 0 N–H and O–H groups in total. The zero-order chi connectivity index (χ0) is 13.9. The number of rotatable bonds is 2. The largest absolute Gasteiger partial charge is 0.342 e. The number of pyridine rings is 1. The van der Waals surface area contributed by atoms with E-state index in [0.29, 0.717) is 0 Å². The summed E-state index contributed by atoms with van der Waals surface area (Å²) in [5.41, 5.74) is 1.62. The number of hydrogen-bond donors (Lipinski definition) is 0. The monoisotopic (exact) mass is 270 g/mol. The average Bonchev–Trinajstić information content (AvgIpc) is 2.51. The molecule has 1 aliphatic rings. The highest BCUT2D eigenvalue weighted by molar-refractivity contribution is 5.59. The first kappa shape index (κ1) is 12.8. The quantitative estimate of drug-likeness (QED) is 0.835. The van der Waals surface area contributed by atoms with Gasteiger partial charge in [0.15, 0.2) is 0 Å². The minimum atomic E-state index is -0.0209. The Bertz CT molecular complexity index is 645. The Morgan fingerprint density at radius 2 is 1.80 bits per heavy atom. The van der Waals surface area contributed by atoms with Crippen molar-refractivity contribution >= 4 is 5.95 Å². The molecular weight excluding hydrogens is 252 g/mol. The minimum absolute atomic E-state index is 0.0209. The lowest BCUT2D eigenvalue weighted by Gasteiger charge is -2.29. The van der Waals surface area contributed by atoms with E-state index in [1.54, 1.807) is 30.1 Å². The number of hydrogen-bond acceptors (Lipinski definition) is 4. The van der Waals surface area contributed by atoms with Crippen LogP contribution in [0.25, 0.3) is 11.3 Å². The Morgan fingerprint density at radius 3 is 2.50 bits per heavy atom. The van der Waals surface area contributed by atoms with Gasteiger partial charge in [-0.2, -0.15) is 0 Å². The molecule has 104 valence electrons. The Hall–Kier alpha value is -2.17. The van der Waals surface area contributed by atoms with Gasteiger partial charge in [0.2, 0.25) is 5.95 Å². The molecule has 3 rings (SSSR count). The van der Waals surface area contributed by atoms with Crippen LogP contribution < -0.4 is 10.5 Å². The lowest BCUT2D eigenvalue weighted by molar-refractivity contribution is 0.557. The standard InChI is InChI=1S/C15H18N4O/c1-18-14(20)11-13(12-5-7-16-8-6-12)17-15(18)19-9-3-2-4-10-19/h5-8,11H,2-4,9-10H2,1H3. The van der Waals surface area contributed by atoms with Crippen molar-refractivity contribution in [1.29, 1.82) is 0 Å². The smallest absolute Gasteiger partial charge is 0.255 e. The van der Waals surface area contributed by atoms with Crippen LogP contribution in [0.1, 0.15) is 19.3 Å². The van der Waals surface area contributed by atoms with Crippen LogP contribution in [0.15, 0.2) is 35.4 Å². The predicted octanol–water partition coefficient (Wildman–Crippen LogP) is 1.83. The molecule has 0 atom stereocenters. The van der Waals surface area contributed by atoms with Gasteiger partial charge in [-0.25, -0.2) is 4.98 Å². The van der Waals surface area contributed by atoms with Gasteiger partial charge < -0.3 is 4.90 Å². The summed E-state index contributed by atoms with van der Waals surface area (Å²) in [7, 11) is 1.79. The van der Waals surface area contributed by atoms with Gasteiger partial charge in [-0.05, 0) is 31.4 Å². The first-order valence-corrected chi connectivity index (χ1v) is 6.99. The maximum Gasteiger partial charge on any atom is 0.255 e. The van der Waals surface area contributed by atoms with Crippen molar-refractivity contribution < 1.29 is 0 Å². The van der Waals surface area contributed by atoms with E-state index in [-0.39, 0.29) is 5.56 Å². The zero-order valence-electron chi connectivity index (χ0n) is 11.6. The molecule has 1 fully saturated rings. The number of nitrogens with zero attached hydrogens (tertiary/aromatic N) is 4.